The molecule has 0 aliphatic carbocycles. The Bertz CT molecular complexity index is 499. The predicted molar refractivity (Wildman–Crippen MR) is 79.6 cm³/mol. The zero-order valence-corrected chi connectivity index (χ0v) is 13.5. The molecular formula is C13H19BrFNO2S. The van der Waals surface area contributed by atoms with Gasteiger partial charge in [0.1, 0.15) is 15.7 Å². The molecule has 0 aliphatic rings. The molecule has 0 spiro atoms. The average Bonchev–Trinajstić information content (AvgIpc) is 2.22. The lowest BCUT2D eigenvalue weighted by Gasteiger charge is -2.18. The summed E-state index contributed by atoms with van der Waals surface area (Å²) in [5.74, 6) is -0.265. The SMILES string of the molecule is CCCNC(Cc1cc(F)cc(Br)c1)CS(C)(=O)=O. The maximum absolute atomic E-state index is 13.3. The van der Waals surface area contributed by atoms with Crippen LogP contribution < -0.4 is 5.32 Å². The lowest BCUT2D eigenvalue weighted by atomic mass is 10.1. The summed E-state index contributed by atoms with van der Waals surface area (Å²) in [6.45, 7) is 2.76. The molecule has 0 radical (unpaired) electrons. The van der Waals surface area contributed by atoms with Gasteiger partial charge in [-0.1, -0.05) is 22.9 Å². The zero-order valence-electron chi connectivity index (χ0n) is 11.1. The molecule has 1 atom stereocenters. The third kappa shape index (κ3) is 7.03. The summed E-state index contributed by atoms with van der Waals surface area (Å²) in [5.41, 5.74) is 0.782. The number of hydrogen-bond acceptors (Lipinski definition) is 3. The van der Waals surface area contributed by atoms with Gasteiger partial charge in [0, 0.05) is 16.8 Å². The molecule has 6 heteroatoms. The standard InChI is InChI=1S/C13H19BrFNO2S/c1-3-4-16-13(9-19(2,17)18)7-10-5-11(14)8-12(15)6-10/h5-6,8,13,16H,3-4,7,9H2,1-2H3. The van der Waals surface area contributed by atoms with Gasteiger partial charge in [-0.3, -0.25) is 0 Å². The first-order valence-corrected chi connectivity index (χ1v) is 9.01. The minimum Gasteiger partial charge on any atom is -0.313 e. The van der Waals surface area contributed by atoms with E-state index in [1.807, 2.05) is 13.0 Å². The van der Waals surface area contributed by atoms with Crippen molar-refractivity contribution in [3.05, 3.63) is 34.1 Å². The third-order valence-corrected chi connectivity index (χ3v) is 4.06. The molecule has 1 aromatic rings. The number of halogens is 2. The molecule has 0 heterocycles. The van der Waals surface area contributed by atoms with Crippen LogP contribution in [0.15, 0.2) is 22.7 Å². The summed E-state index contributed by atoms with van der Waals surface area (Å²) >= 11 is 3.24. The first-order chi connectivity index (χ1) is 8.80. The van der Waals surface area contributed by atoms with Gasteiger partial charge >= 0.3 is 0 Å². The van der Waals surface area contributed by atoms with Gasteiger partial charge < -0.3 is 5.32 Å². The highest BCUT2D eigenvalue weighted by molar-refractivity contribution is 9.10. The van der Waals surface area contributed by atoms with Gasteiger partial charge in [-0.15, -0.1) is 0 Å². The van der Waals surface area contributed by atoms with Crippen molar-refractivity contribution in [1.29, 1.82) is 0 Å². The highest BCUT2D eigenvalue weighted by Crippen LogP contribution is 2.16. The first-order valence-electron chi connectivity index (χ1n) is 6.16. The van der Waals surface area contributed by atoms with Crippen LogP contribution in [-0.4, -0.2) is 33.0 Å². The van der Waals surface area contributed by atoms with Crippen LogP contribution in [-0.2, 0) is 16.3 Å². The van der Waals surface area contributed by atoms with E-state index in [0.29, 0.717) is 10.9 Å². The van der Waals surface area contributed by atoms with Gasteiger partial charge in [0.05, 0.1) is 5.75 Å². The predicted octanol–water partition coefficient (Wildman–Crippen LogP) is 2.54. The molecular weight excluding hydrogens is 333 g/mol. The van der Waals surface area contributed by atoms with Crippen LogP contribution >= 0.6 is 15.9 Å². The zero-order chi connectivity index (χ0) is 14.5. The smallest absolute Gasteiger partial charge is 0.148 e. The van der Waals surface area contributed by atoms with Crippen molar-refractivity contribution in [1.82, 2.24) is 5.32 Å². The fraction of sp³-hybridized carbons (Fsp3) is 0.538. The summed E-state index contributed by atoms with van der Waals surface area (Å²) in [4.78, 5) is 0. The van der Waals surface area contributed by atoms with Crippen molar-refractivity contribution in [2.24, 2.45) is 0 Å². The number of benzene rings is 1. The molecule has 108 valence electrons. The van der Waals surface area contributed by atoms with Crippen LogP contribution in [0.5, 0.6) is 0 Å². The van der Waals surface area contributed by atoms with E-state index in [2.05, 4.69) is 21.2 Å². The molecule has 0 saturated carbocycles. The van der Waals surface area contributed by atoms with Crippen LogP contribution in [0.3, 0.4) is 0 Å². The normalized spacial score (nSPS) is 13.5. The minimum atomic E-state index is -3.06. The van der Waals surface area contributed by atoms with Crippen LogP contribution in [0.25, 0.3) is 0 Å². The van der Waals surface area contributed by atoms with Gasteiger partial charge in [0.15, 0.2) is 0 Å². The van der Waals surface area contributed by atoms with E-state index < -0.39 is 9.84 Å². The second-order valence-electron chi connectivity index (χ2n) is 4.73. The Labute approximate surface area is 122 Å². The molecule has 3 nitrogen and oxygen atoms in total. The van der Waals surface area contributed by atoms with E-state index >= 15 is 0 Å². The van der Waals surface area contributed by atoms with Gasteiger partial charge in [0.2, 0.25) is 0 Å². The minimum absolute atomic E-state index is 0.0567. The molecule has 1 aromatic carbocycles. The van der Waals surface area contributed by atoms with Gasteiger partial charge in [-0.2, -0.15) is 0 Å². The van der Waals surface area contributed by atoms with Crippen LogP contribution in [0, 0.1) is 5.82 Å². The van der Waals surface area contributed by atoms with Crippen LogP contribution in [0.2, 0.25) is 0 Å². The molecule has 19 heavy (non-hydrogen) atoms. The quantitative estimate of drug-likeness (QED) is 0.820. The number of sulfone groups is 1. The Morgan fingerprint density at radius 3 is 2.58 bits per heavy atom. The summed E-state index contributed by atoms with van der Waals surface area (Å²) in [7, 11) is -3.06. The third-order valence-electron chi connectivity index (χ3n) is 2.59. The first kappa shape index (κ1) is 16.6. The molecule has 0 bridgehead atoms. The topological polar surface area (TPSA) is 46.2 Å². The molecule has 0 amide bonds. The summed E-state index contributed by atoms with van der Waals surface area (Å²) < 4.78 is 36.8. The van der Waals surface area contributed by atoms with E-state index in [0.717, 1.165) is 18.5 Å². The molecule has 0 saturated heterocycles. The van der Waals surface area contributed by atoms with E-state index in [4.69, 9.17) is 0 Å². The number of rotatable bonds is 7. The molecule has 0 aromatic heterocycles. The van der Waals surface area contributed by atoms with Crippen LogP contribution in [0.4, 0.5) is 4.39 Å². The van der Waals surface area contributed by atoms with Gasteiger partial charge in [0.25, 0.3) is 0 Å². The lowest BCUT2D eigenvalue weighted by molar-refractivity contribution is 0.528. The Hall–Kier alpha value is -0.460. The van der Waals surface area contributed by atoms with Crippen molar-refractivity contribution in [2.45, 2.75) is 25.8 Å². The fourth-order valence-electron chi connectivity index (χ4n) is 1.92. The number of nitrogens with one attached hydrogen (secondary N) is 1. The largest absolute Gasteiger partial charge is 0.313 e. The summed E-state index contributed by atoms with van der Waals surface area (Å²) in [5, 5.41) is 3.20. The van der Waals surface area contributed by atoms with E-state index in [-0.39, 0.29) is 17.6 Å². The second-order valence-corrected chi connectivity index (χ2v) is 7.83. The summed E-state index contributed by atoms with van der Waals surface area (Å²) in [6, 6.07) is 4.44. The summed E-state index contributed by atoms with van der Waals surface area (Å²) in [6.07, 6.45) is 2.63. The van der Waals surface area contributed by atoms with E-state index in [9.17, 15) is 12.8 Å². The molecule has 0 fully saturated rings. The Morgan fingerprint density at radius 2 is 2.05 bits per heavy atom. The van der Waals surface area contributed by atoms with Crippen molar-refractivity contribution < 1.29 is 12.8 Å². The monoisotopic (exact) mass is 351 g/mol. The van der Waals surface area contributed by atoms with Crippen molar-refractivity contribution >= 4 is 25.8 Å². The van der Waals surface area contributed by atoms with Crippen molar-refractivity contribution in [3.63, 3.8) is 0 Å². The van der Waals surface area contributed by atoms with Crippen molar-refractivity contribution in [2.75, 3.05) is 18.6 Å². The van der Waals surface area contributed by atoms with Gasteiger partial charge in [-0.25, -0.2) is 12.8 Å². The molecule has 1 N–H and O–H groups in total. The highest BCUT2D eigenvalue weighted by atomic mass is 79.9. The van der Waals surface area contributed by atoms with Gasteiger partial charge in [-0.05, 0) is 43.1 Å². The van der Waals surface area contributed by atoms with Crippen molar-refractivity contribution in [3.8, 4) is 0 Å². The van der Waals surface area contributed by atoms with E-state index in [1.165, 1.54) is 18.4 Å². The maximum atomic E-state index is 13.3. The Kier molecular flexibility index (Phi) is 6.42. The molecule has 1 unspecified atom stereocenters. The average molecular weight is 352 g/mol. The second kappa shape index (κ2) is 7.36. The van der Waals surface area contributed by atoms with E-state index in [1.54, 1.807) is 0 Å². The number of hydrogen-bond donors (Lipinski definition) is 1. The van der Waals surface area contributed by atoms with Crippen LogP contribution in [0.1, 0.15) is 18.9 Å². The lowest BCUT2D eigenvalue weighted by Crippen LogP contribution is -2.37. The molecule has 0 aliphatic heterocycles. The Morgan fingerprint density at radius 1 is 1.37 bits per heavy atom. The maximum Gasteiger partial charge on any atom is 0.148 e. The highest BCUT2D eigenvalue weighted by Gasteiger charge is 2.15. The molecule has 1 rings (SSSR count). The Balaban J connectivity index is 2.80. The fourth-order valence-corrected chi connectivity index (χ4v) is 3.40.